The molecule has 97 heavy (non-hydrogen) atoms. The number of benzene rings is 4. The van der Waals surface area contributed by atoms with Crippen LogP contribution in [0.2, 0.25) is 0 Å². The molecule has 3 saturated heterocycles. The molecule has 0 aliphatic carbocycles. The van der Waals surface area contributed by atoms with Gasteiger partial charge in [0.1, 0.15) is 17.8 Å². The number of ketones is 3. The molecule has 6 aromatic rings. The van der Waals surface area contributed by atoms with Crippen LogP contribution in [0.4, 0.5) is 13.2 Å². The highest BCUT2D eigenvalue weighted by molar-refractivity contribution is 7.13. The van der Waals surface area contributed by atoms with E-state index in [1.807, 2.05) is 124 Å². The summed E-state index contributed by atoms with van der Waals surface area (Å²) in [4.78, 5) is 129. The maximum Gasteiger partial charge on any atom is 0.417 e. The molecule has 1 unspecified atom stereocenters. The second-order valence-corrected chi connectivity index (χ2v) is 26.9. The van der Waals surface area contributed by atoms with Gasteiger partial charge in [-0.1, -0.05) is 92.7 Å². The van der Waals surface area contributed by atoms with E-state index < -0.39 is 84.9 Å². The number of hydrogen-bond acceptors (Lipinski definition) is 17. The lowest BCUT2D eigenvalue weighted by Gasteiger charge is -2.35. The second kappa shape index (κ2) is 33.1. The number of β-amino-alcohol motifs (C(OH)–C–C–N with tert-alkyl or cyclic N) is 3. The van der Waals surface area contributed by atoms with E-state index in [4.69, 9.17) is 4.74 Å². The molecule has 9 atom stereocenters. The molecule has 518 valence electrons. The maximum absolute atomic E-state index is 13.7. The first-order valence-electron chi connectivity index (χ1n) is 32.2. The van der Waals surface area contributed by atoms with Crippen LogP contribution in [0.25, 0.3) is 20.9 Å². The molecule has 6 heterocycles. The quantitative estimate of drug-likeness (QED) is 0.0437. The van der Waals surface area contributed by atoms with Crippen molar-refractivity contribution < 1.29 is 76.4 Å². The lowest BCUT2D eigenvalue weighted by atomic mass is 9.98. The number of likely N-dealkylation sites (tertiary alicyclic amines) is 3. The van der Waals surface area contributed by atoms with Crippen molar-refractivity contribution in [2.45, 2.75) is 174 Å². The lowest BCUT2D eigenvalue weighted by molar-refractivity contribution is -0.179. The number of aliphatic hydroxyl groups is 3. The van der Waals surface area contributed by atoms with Gasteiger partial charge in [0.2, 0.25) is 29.7 Å². The summed E-state index contributed by atoms with van der Waals surface area (Å²) in [5.74, 6) is -3.52. The number of hydrogen-bond donors (Lipinski definition) is 5. The zero-order valence-corrected chi connectivity index (χ0v) is 57.0. The molecule has 4 aliphatic rings. The van der Waals surface area contributed by atoms with Crippen molar-refractivity contribution in [1.82, 2.24) is 40.2 Å². The predicted octanol–water partition coefficient (Wildman–Crippen LogP) is 7.59. The van der Waals surface area contributed by atoms with Crippen LogP contribution in [-0.4, -0.2) is 185 Å². The number of Topliss-reactive ketones (excluding diaryl/α,β-unsaturated/α-hetero) is 3. The number of aryl methyl sites for hydroxylation is 5. The van der Waals surface area contributed by atoms with Gasteiger partial charge in [0.15, 0.2) is 17.3 Å². The largest absolute Gasteiger partial charge is 0.497 e. The zero-order valence-electron chi connectivity index (χ0n) is 55.4. The van der Waals surface area contributed by atoms with Crippen LogP contribution in [0, 0.1) is 19.8 Å². The zero-order chi connectivity index (χ0) is 70.6. The predicted molar refractivity (Wildman–Crippen MR) is 358 cm³/mol. The van der Waals surface area contributed by atoms with Crippen molar-refractivity contribution in [3.05, 3.63) is 147 Å². The maximum atomic E-state index is 13.7. The number of amides is 6. The molecule has 0 radical (unpaired) electrons. The number of halogens is 3. The van der Waals surface area contributed by atoms with Crippen LogP contribution in [0.15, 0.2) is 108 Å². The minimum Gasteiger partial charge on any atom is -0.497 e. The van der Waals surface area contributed by atoms with E-state index >= 15 is 0 Å². The third kappa shape index (κ3) is 19.0. The van der Waals surface area contributed by atoms with Gasteiger partial charge in [0, 0.05) is 84.1 Å². The number of thiazole rings is 2. The molecule has 0 saturated carbocycles. The topological polar surface area (TPSA) is 286 Å². The fourth-order valence-corrected chi connectivity index (χ4v) is 14.3. The van der Waals surface area contributed by atoms with Crippen LogP contribution >= 0.6 is 22.7 Å². The summed E-state index contributed by atoms with van der Waals surface area (Å²) in [5, 5.41) is 34.5. The van der Waals surface area contributed by atoms with Crippen molar-refractivity contribution in [2.24, 2.45) is 5.92 Å². The molecule has 5 N–H and O–H groups in total. The van der Waals surface area contributed by atoms with E-state index in [2.05, 4.69) is 15.3 Å². The number of rotatable bonds is 22. The Morgan fingerprint density at radius 2 is 0.990 bits per heavy atom. The van der Waals surface area contributed by atoms with Gasteiger partial charge in [0.05, 0.1) is 75.7 Å². The summed E-state index contributed by atoms with van der Waals surface area (Å²) in [5.41, 5.74) is 12.0. The Balaban J connectivity index is 0.000000186. The Morgan fingerprint density at radius 3 is 1.36 bits per heavy atom. The molecule has 2 aromatic heterocycles. The van der Waals surface area contributed by atoms with Gasteiger partial charge >= 0.3 is 6.18 Å². The van der Waals surface area contributed by atoms with Crippen molar-refractivity contribution >= 4 is 75.5 Å². The van der Waals surface area contributed by atoms with E-state index in [1.165, 1.54) is 28.1 Å². The first-order chi connectivity index (χ1) is 46.0. The standard InChI is InChI=1S/C27H32N2O5.C22H24F3N3O4S.C22H27N3O4S/c1-17(2)25(29-15-19-6-4-5-7-22(19)26(29)32)27(33)28-16-20(30)14-23(28)24(31)13-10-18-8-11-21(34-3)12-9-18;1-12-19(33-11-26-12)15-6-3-14(4-7-15)5-8-18(31)17-9-16(30)10-28(17)21(32)20(22(23,24)25)27-13(2)29;1-13-21(30-12-23-13)17-7-4-16(5-8-17)6-9-20(28)19-10-18(27)11-25(19)22(29)14(2)24-15(3)26/h4-9,11-12,17,20,23,25,30H,10,13-16H2,1-3H3;3-4,6-7,11,16-17,20,30H,5,8-10H2,1-2H3,(H,27,29);4-5,7-8,12,14,18-19,27H,6,9-11H2,1-3H3,(H,24,26)/t20-,23+,25+;16-,17+,20?;14-,18+,19-/m110/s1. The first-order valence-corrected chi connectivity index (χ1v) is 33.9. The smallest absolute Gasteiger partial charge is 0.417 e. The minimum atomic E-state index is -5.03. The second-order valence-electron chi connectivity index (χ2n) is 25.2. The summed E-state index contributed by atoms with van der Waals surface area (Å²) in [6.07, 6.45) is -5.29. The third-order valence-corrected chi connectivity index (χ3v) is 19.6. The van der Waals surface area contributed by atoms with Crippen molar-refractivity contribution in [3.63, 3.8) is 0 Å². The fraction of sp³-hybridized carbons (Fsp3) is 0.451. The molecule has 6 amide bonds. The van der Waals surface area contributed by atoms with Gasteiger partial charge < -0.3 is 50.3 Å². The van der Waals surface area contributed by atoms with Gasteiger partial charge in [-0.3, -0.25) is 43.2 Å². The lowest BCUT2D eigenvalue weighted by Crippen LogP contribution is -2.57. The molecule has 0 spiro atoms. The number of carbonyl (C=O) groups is 9. The normalized spacial score (nSPS) is 19.8. The first kappa shape index (κ1) is 74.2. The molecule has 10 rings (SSSR count). The van der Waals surface area contributed by atoms with E-state index in [0.717, 1.165) is 72.1 Å². The molecular weight excluding hydrogens is 1290 g/mol. The van der Waals surface area contributed by atoms with Gasteiger partial charge in [-0.05, 0) is 97.5 Å². The number of nitrogens with zero attached hydrogens (tertiary/aromatic N) is 6. The number of aromatic nitrogens is 2. The fourth-order valence-electron chi connectivity index (χ4n) is 12.7. The molecule has 4 aromatic carbocycles. The van der Waals surface area contributed by atoms with Crippen molar-refractivity contribution in [2.75, 3.05) is 26.7 Å². The highest BCUT2D eigenvalue weighted by Gasteiger charge is 2.51. The van der Waals surface area contributed by atoms with Gasteiger partial charge in [-0.2, -0.15) is 13.2 Å². The third-order valence-electron chi connectivity index (χ3n) is 17.6. The highest BCUT2D eigenvalue weighted by atomic mass is 32.1. The minimum absolute atomic E-state index is 0.00306. The summed E-state index contributed by atoms with van der Waals surface area (Å²) in [6.45, 7) is 11.7. The Hall–Kier alpha value is -8.56. The van der Waals surface area contributed by atoms with Crippen molar-refractivity contribution in [3.8, 4) is 26.6 Å². The summed E-state index contributed by atoms with van der Waals surface area (Å²) in [7, 11) is 1.61. The van der Waals surface area contributed by atoms with Crippen molar-refractivity contribution in [1.29, 1.82) is 0 Å². The van der Waals surface area contributed by atoms with Crippen LogP contribution in [-0.2, 0) is 64.2 Å². The number of carbonyl (C=O) groups excluding carboxylic acids is 9. The molecular formula is C71H83F3N8O13S2. The average Bonchev–Trinajstić information content (AvgIpc) is 1.69. The number of methoxy groups -OCH3 is 1. The summed E-state index contributed by atoms with van der Waals surface area (Å²) in [6, 6.07) is 23.9. The molecule has 4 aliphatic heterocycles. The number of fused-ring (bicyclic) bond motifs is 1. The van der Waals surface area contributed by atoms with E-state index in [-0.39, 0.29) is 92.7 Å². The van der Waals surface area contributed by atoms with Gasteiger partial charge in [0.25, 0.3) is 11.8 Å². The SMILES string of the molecule is CC(=O)NC(C(=O)N1C[C@H](O)C[C@H]1C(=O)CCc1ccc(-c2scnc2C)cc1)C(F)(F)F.CC(=O)N[C@@H](C)C(=O)N1C[C@H](O)C[C@H]1C(=O)CCc1ccc(-c2scnc2C)cc1.COc1ccc(CCC(=O)[C@@H]2C[C@@H](O)CN2C(=O)[C@H](C(C)C)N2Cc3ccccc3C2=O)cc1. The molecule has 21 nitrogen and oxygen atoms in total. The molecule has 3 fully saturated rings. The Morgan fingerprint density at radius 1 is 0.588 bits per heavy atom. The van der Waals surface area contributed by atoms with E-state index in [9.17, 15) is 71.6 Å². The average molecular weight is 1380 g/mol. The Bertz CT molecular complexity index is 3790. The van der Waals surface area contributed by atoms with Crippen LogP contribution < -0.4 is 15.4 Å². The highest BCUT2D eigenvalue weighted by Crippen LogP contribution is 2.34. The monoisotopic (exact) mass is 1380 g/mol. The summed E-state index contributed by atoms with van der Waals surface area (Å²) >= 11 is 3.12. The molecule has 0 bridgehead atoms. The van der Waals surface area contributed by atoms with E-state index in [1.54, 1.807) is 47.2 Å². The number of aliphatic hydroxyl groups excluding tert-OH is 3. The number of ether oxygens (including phenoxy) is 1. The summed E-state index contributed by atoms with van der Waals surface area (Å²) < 4.78 is 45.2. The van der Waals surface area contributed by atoms with Gasteiger partial charge in [-0.15, -0.1) is 22.7 Å². The molecule has 26 heteroatoms. The van der Waals surface area contributed by atoms with Crippen LogP contribution in [0.5, 0.6) is 5.75 Å². The number of nitrogens with one attached hydrogen (secondary N) is 2. The van der Waals surface area contributed by atoms with Crippen LogP contribution in [0.1, 0.15) is 117 Å². The van der Waals surface area contributed by atoms with Crippen LogP contribution in [0.3, 0.4) is 0 Å². The Kier molecular flexibility index (Phi) is 25.4. The number of alkyl halides is 3. The van der Waals surface area contributed by atoms with E-state index in [0.29, 0.717) is 31.4 Å². The van der Waals surface area contributed by atoms with Gasteiger partial charge in [-0.25, -0.2) is 9.97 Å². The Labute approximate surface area is 569 Å².